The number of halogens is 1. The van der Waals surface area contributed by atoms with E-state index in [1.165, 1.54) is 6.42 Å². The van der Waals surface area contributed by atoms with E-state index >= 15 is 0 Å². The second-order valence-electron chi connectivity index (χ2n) is 4.23. The van der Waals surface area contributed by atoms with Gasteiger partial charge < -0.3 is 5.32 Å². The third kappa shape index (κ3) is 3.13. The van der Waals surface area contributed by atoms with Crippen LogP contribution in [0.2, 0.25) is 5.02 Å². The Morgan fingerprint density at radius 2 is 2.00 bits per heavy atom. The predicted octanol–water partition coefficient (Wildman–Crippen LogP) is 4.49. The van der Waals surface area contributed by atoms with Crippen LogP contribution in [0.15, 0.2) is 18.2 Å². The van der Waals surface area contributed by atoms with Gasteiger partial charge in [0.05, 0.1) is 0 Å². The van der Waals surface area contributed by atoms with Crippen LogP contribution >= 0.6 is 11.6 Å². The lowest BCUT2D eigenvalue weighted by atomic mass is 10.0. The Balaban J connectivity index is 2.76. The Morgan fingerprint density at radius 1 is 1.33 bits per heavy atom. The molecular formula is C13H20ClN. The first-order valence-corrected chi connectivity index (χ1v) is 5.95. The number of rotatable bonds is 4. The maximum absolute atomic E-state index is 6.07. The van der Waals surface area contributed by atoms with Crippen LogP contribution in [0.3, 0.4) is 0 Å². The fourth-order valence-corrected chi connectivity index (χ4v) is 1.68. The third-order valence-corrected chi connectivity index (χ3v) is 3.56. The molecule has 0 aliphatic carbocycles. The molecule has 2 heteroatoms. The summed E-state index contributed by atoms with van der Waals surface area (Å²) in [5.74, 6) is 0.670. The van der Waals surface area contributed by atoms with E-state index in [-0.39, 0.29) is 0 Å². The first-order chi connectivity index (χ1) is 7.06. The summed E-state index contributed by atoms with van der Waals surface area (Å²) in [6.07, 6.45) is 1.19. The summed E-state index contributed by atoms with van der Waals surface area (Å²) in [5, 5.41) is 4.35. The Bertz CT molecular complexity index is 322. The number of hydrogen-bond donors (Lipinski definition) is 1. The summed E-state index contributed by atoms with van der Waals surface area (Å²) >= 11 is 6.07. The van der Waals surface area contributed by atoms with E-state index in [4.69, 9.17) is 11.6 Å². The maximum atomic E-state index is 6.07. The molecule has 0 saturated heterocycles. The van der Waals surface area contributed by atoms with Crippen molar-refractivity contribution in [3.8, 4) is 0 Å². The van der Waals surface area contributed by atoms with E-state index in [1.807, 2.05) is 19.1 Å². The van der Waals surface area contributed by atoms with Crippen LogP contribution < -0.4 is 5.32 Å². The lowest BCUT2D eigenvalue weighted by Gasteiger charge is -2.22. The number of hydrogen-bond acceptors (Lipinski definition) is 1. The summed E-state index contributed by atoms with van der Waals surface area (Å²) in [6, 6.07) is 6.48. The van der Waals surface area contributed by atoms with Gasteiger partial charge in [-0.15, -0.1) is 0 Å². The van der Waals surface area contributed by atoms with E-state index in [1.54, 1.807) is 0 Å². The Hall–Kier alpha value is -0.690. The predicted molar refractivity (Wildman–Crippen MR) is 68.7 cm³/mol. The smallest absolute Gasteiger partial charge is 0.0455 e. The van der Waals surface area contributed by atoms with Crippen molar-refractivity contribution in [3.05, 3.63) is 28.8 Å². The molecular weight excluding hydrogens is 206 g/mol. The van der Waals surface area contributed by atoms with Crippen LogP contribution in [-0.2, 0) is 0 Å². The van der Waals surface area contributed by atoms with Crippen LogP contribution in [0.5, 0.6) is 0 Å². The fourth-order valence-electron chi connectivity index (χ4n) is 1.50. The summed E-state index contributed by atoms with van der Waals surface area (Å²) in [7, 11) is 0. The average molecular weight is 226 g/mol. The number of nitrogens with one attached hydrogen (secondary N) is 1. The molecule has 1 N–H and O–H groups in total. The second-order valence-corrected chi connectivity index (χ2v) is 4.64. The normalized spacial score (nSPS) is 14.7. The SMILES string of the molecule is CCC(C)C(C)Nc1cccc(Cl)c1C. The van der Waals surface area contributed by atoms with E-state index in [0.717, 1.165) is 16.3 Å². The molecule has 1 aromatic rings. The summed E-state index contributed by atoms with van der Waals surface area (Å²) in [6.45, 7) is 8.74. The highest BCUT2D eigenvalue weighted by atomic mass is 35.5. The van der Waals surface area contributed by atoms with E-state index in [9.17, 15) is 0 Å². The van der Waals surface area contributed by atoms with E-state index in [0.29, 0.717) is 12.0 Å². The van der Waals surface area contributed by atoms with Gasteiger partial charge in [0, 0.05) is 16.8 Å². The molecule has 0 saturated carbocycles. The second kappa shape index (κ2) is 5.41. The Kier molecular flexibility index (Phi) is 4.46. The van der Waals surface area contributed by atoms with Gasteiger partial charge in [-0.05, 0) is 37.5 Å². The topological polar surface area (TPSA) is 12.0 Å². The van der Waals surface area contributed by atoms with Gasteiger partial charge in [-0.1, -0.05) is 37.9 Å². The molecule has 0 fully saturated rings. The molecule has 2 unspecified atom stereocenters. The van der Waals surface area contributed by atoms with Crippen LogP contribution in [0.25, 0.3) is 0 Å². The lowest BCUT2D eigenvalue weighted by molar-refractivity contribution is 0.494. The molecule has 0 aliphatic heterocycles. The van der Waals surface area contributed by atoms with Gasteiger partial charge >= 0.3 is 0 Å². The van der Waals surface area contributed by atoms with Crippen LogP contribution in [0.1, 0.15) is 32.8 Å². The van der Waals surface area contributed by atoms with E-state index in [2.05, 4.69) is 32.2 Å². The molecule has 0 heterocycles. The zero-order chi connectivity index (χ0) is 11.4. The molecule has 0 radical (unpaired) electrons. The molecule has 1 nitrogen and oxygen atoms in total. The molecule has 0 spiro atoms. The van der Waals surface area contributed by atoms with Crippen LogP contribution in [0.4, 0.5) is 5.69 Å². The molecule has 0 bridgehead atoms. The van der Waals surface area contributed by atoms with Gasteiger partial charge in [0.15, 0.2) is 0 Å². The molecule has 0 aromatic heterocycles. The zero-order valence-corrected chi connectivity index (χ0v) is 10.7. The number of benzene rings is 1. The zero-order valence-electron chi connectivity index (χ0n) is 9.97. The minimum absolute atomic E-state index is 0.479. The molecule has 84 valence electrons. The highest BCUT2D eigenvalue weighted by Gasteiger charge is 2.11. The molecule has 1 aromatic carbocycles. The van der Waals surface area contributed by atoms with Crippen molar-refractivity contribution in [2.75, 3.05) is 5.32 Å². The van der Waals surface area contributed by atoms with Crippen molar-refractivity contribution in [2.24, 2.45) is 5.92 Å². The van der Waals surface area contributed by atoms with Gasteiger partial charge in [-0.25, -0.2) is 0 Å². The third-order valence-electron chi connectivity index (χ3n) is 3.15. The highest BCUT2D eigenvalue weighted by Crippen LogP contribution is 2.24. The largest absolute Gasteiger partial charge is 0.382 e. The van der Waals surface area contributed by atoms with Crippen molar-refractivity contribution in [3.63, 3.8) is 0 Å². The molecule has 2 atom stereocenters. The van der Waals surface area contributed by atoms with Crippen LogP contribution in [0, 0.1) is 12.8 Å². The summed E-state index contributed by atoms with van der Waals surface area (Å²) in [4.78, 5) is 0. The molecule has 1 rings (SSSR count). The summed E-state index contributed by atoms with van der Waals surface area (Å²) < 4.78 is 0. The number of anilines is 1. The fraction of sp³-hybridized carbons (Fsp3) is 0.538. The van der Waals surface area contributed by atoms with Gasteiger partial charge in [0.1, 0.15) is 0 Å². The van der Waals surface area contributed by atoms with Gasteiger partial charge in [0.25, 0.3) is 0 Å². The monoisotopic (exact) mass is 225 g/mol. The summed E-state index contributed by atoms with van der Waals surface area (Å²) in [5.41, 5.74) is 2.28. The molecule has 0 aliphatic rings. The van der Waals surface area contributed by atoms with Crippen molar-refractivity contribution in [1.82, 2.24) is 0 Å². The minimum atomic E-state index is 0.479. The van der Waals surface area contributed by atoms with Crippen molar-refractivity contribution in [2.45, 2.75) is 40.2 Å². The van der Waals surface area contributed by atoms with Crippen molar-refractivity contribution in [1.29, 1.82) is 0 Å². The van der Waals surface area contributed by atoms with Gasteiger partial charge in [-0.2, -0.15) is 0 Å². The minimum Gasteiger partial charge on any atom is -0.382 e. The quantitative estimate of drug-likeness (QED) is 0.796. The van der Waals surface area contributed by atoms with Crippen molar-refractivity contribution < 1.29 is 0 Å². The maximum Gasteiger partial charge on any atom is 0.0455 e. The van der Waals surface area contributed by atoms with Crippen molar-refractivity contribution >= 4 is 17.3 Å². The standard InChI is InChI=1S/C13H20ClN/c1-5-9(2)11(4)15-13-8-6-7-12(14)10(13)3/h6-9,11,15H,5H2,1-4H3. The van der Waals surface area contributed by atoms with Gasteiger partial charge in [-0.3, -0.25) is 0 Å². The highest BCUT2D eigenvalue weighted by molar-refractivity contribution is 6.31. The van der Waals surface area contributed by atoms with Gasteiger partial charge in [0.2, 0.25) is 0 Å². The average Bonchev–Trinajstić information content (AvgIpc) is 2.23. The first kappa shape index (κ1) is 12.4. The first-order valence-electron chi connectivity index (χ1n) is 5.58. The molecule has 0 amide bonds. The van der Waals surface area contributed by atoms with E-state index < -0.39 is 0 Å². The Morgan fingerprint density at radius 3 is 2.60 bits per heavy atom. The molecule has 15 heavy (non-hydrogen) atoms. The van der Waals surface area contributed by atoms with Crippen LogP contribution in [-0.4, -0.2) is 6.04 Å². The lowest BCUT2D eigenvalue weighted by Crippen LogP contribution is -2.23. The Labute approximate surface area is 97.8 Å².